The Hall–Kier alpha value is -0.780. The molecule has 1 aliphatic rings. The van der Waals surface area contributed by atoms with Crippen molar-refractivity contribution in [1.29, 1.82) is 0 Å². The molecule has 0 spiro atoms. The maximum Gasteiger partial charge on any atom is 0.000148 e. The molecule has 0 aromatic heterocycles. The van der Waals surface area contributed by atoms with E-state index in [1.807, 2.05) is 0 Å². The molecule has 1 fully saturated rings. The maximum atomic E-state index is 2.39. The van der Waals surface area contributed by atoms with Crippen LogP contribution >= 0.6 is 0 Å². The molecule has 1 saturated carbocycles. The first-order valence-corrected chi connectivity index (χ1v) is 6.12. The molecule has 0 saturated heterocycles. The Morgan fingerprint density at radius 2 is 1.47 bits per heavy atom. The van der Waals surface area contributed by atoms with Crippen LogP contribution in [0.25, 0.3) is 0 Å². The van der Waals surface area contributed by atoms with Gasteiger partial charge in [-0.05, 0) is 23.8 Å². The molecule has 0 atom stereocenters. The second-order valence-electron chi connectivity index (χ2n) is 5.91. The minimum Gasteiger partial charge on any atom is -0.0622 e. The van der Waals surface area contributed by atoms with Crippen molar-refractivity contribution in [3.8, 4) is 0 Å². The first-order chi connectivity index (χ1) is 7.06. The van der Waals surface area contributed by atoms with Gasteiger partial charge < -0.3 is 0 Å². The molecule has 1 aromatic rings. The number of hydrogen-bond donors (Lipinski definition) is 0. The monoisotopic (exact) mass is 202 g/mol. The lowest BCUT2D eigenvalue weighted by atomic mass is 9.62. The quantitative estimate of drug-likeness (QED) is 0.627. The molecule has 0 nitrogen and oxygen atoms in total. The summed E-state index contributed by atoms with van der Waals surface area (Å²) in [4.78, 5) is 0. The summed E-state index contributed by atoms with van der Waals surface area (Å²) in [6, 6.07) is 11.1. The summed E-state index contributed by atoms with van der Waals surface area (Å²) in [5.41, 5.74) is 2.36. The van der Waals surface area contributed by atoms with E-state index in [0.717, 1.165) is 0 Å². The van der Waals surface area contributed by atoms with Gasteiger partial charge in [0, 0.05) is 5.41 Å². The van der Waals surface area contributed by atoms with E-state index in [1.165, 1.54) is 25.7 Å². The van der Waals surface area contributed by atoms with Crippen molar-refractivity contribution < 1.29 is 0 Å². The molecule has 1 aromatic carbocycles. The van der Waals surface area contributed by atoms with Crippen LogP contribution in [0.2, 0.25) is 0 Å². The maximum absolute atomic E-state index is 2.39. The molecular weight excluding hydrogens is 180 g/mol. The molecule has 0 bridgehead atoms. The van der Waals surface area contributed by atoms with Crippen molar-refractivity contribution in [3.05, 3.63) is 35.9 Å². The van der Waals surface area contributed by atoms with Crippen LogP contribution in [0.1, 0.15) is 52.0 Å². The van der Waals surface area contributed by atoms with Gasteiger partial charge in [-0.25, -0.2) is 0 Å². The van der Waals surface area contributed by atoms with E-state index in [-0.39, 0.29) is 0 Å². The van der Waals surface area contributed by atoms with Gasteiger partial charge in [0.1, 0.15) is 0 Å². The van der Waals surface area contributed by atoms with E-state index in [2.05, 4.69) is 51.1 Å². The van der Waals surface area contributed by atoms with Gasteiger partial charge in [0.2, 0.25) is 0 Å². The molecule has 0 N–H and O–H groups in total. The lowest BCUT2D eigenvalue weighted by Gasteiger charge is -2.42. The van der Waals surface area contributed by atoms with Crippen molar-refractivity contribution in [2.24, 2.45) is 5.41 Å². The molecule has 0 radical (unpaired) electrons. The number of rotatable bonds is 1. The van der Waals surface area contributed by atoms with Crippen LogP contribution in [0.3, 0.4) is 0 Å². The zero-order valence-electron chi connectivity index (χ0n) is 10.2. The van der Waals surface area contributed by atoms with E-state index >= 15 is 0 Å². The average Bonchev–Trinajstić information content (AvgIpc) is 2.68. The zero-order valence-corrected chi connectivity index (χ0v) is 10.2. The molecule has 15 heavy (non-hydrogen) atoms. The Kier molecular flexibility index (Phi) is 2.62. The Labute approximate surface area is 93.7 Å². The van der Waals surface area contributed by atoms with Gasteiger partial charge in [-0.15, -0.1) is 0 Å². The summed E-state index contributed by atoms with van der Waals surface area (Å²) in [6.07, 6.45) is 5.51. The lowest BCUT2D eigenvalue weighted by Crippen LogP contribution is -2.37. The summed E-state index contributed by atoms with van der Waals surface area (Å²) in [6.45, 7) is 7.18. The number of benzene rings is 1. The van der Waals surface area contributed by atoms with Crippen molar-refractivity contribution in [2.75, 3.05) is 0 Å². The Bertz CT molecular complexity index is 310. The van der Waals surface area contributed by atoms with Crippen LogP contribution in [-0.4, -0.2) is 0 Å². The van der Waals surface area contributed by atoms with Crippen LogP contribution in [0.5, 0.6) is 0 Å². The minimum atomic E-state index is 0.380. The normalized spacial score (nSPS) is 20.5. The summed E-state index contributed by atoms with van der Waals surface area (Å²) in [5.74, 6) is 0. The highest BCUT2D eigenvalue weighted by Crippen LogP contribution is 2.52. The Morgan fingerprint density at radius 3 is 1.93 bits per heavy atom. The fraction of sp³-hybridized carbons (Fsp3) is 0.600. The van der Waals surface area contributed by atoms with Gasteiger partial charge >= 0.3 is 0 Å². The van der Waals surface area contributed by atoms with E-state index in [0.29, 0.717) is 10.8 Å². The predicted molar refractivity (Wildman–Crippen MR) is 66.0 cm³/mol. The third kappa shape index (κ3) is 1.71. The van der Waals surface area contributed by atoms with Crippen molar-refractivity contribution in [3.63, 3.8) is 0 Å². The summed E-state index contributed by atoms with van der Waals surface area (Å²) in [5, 5.41) is 0. The predicted octanol–water partition coefficient (Wildman–Crippen LogP) is 4.54. The fourth-order valence-corrected chi connectivity index (χ4v) is 3.21. The summed E-state index contributed by atoms with van der Waals surface area (Å²) >= 11 is 0. The first-order valence-electron chi connectivity index (χ1n) is 6.12. The second kappa shape index (κ2) is 3.66. The highest BCUT2D eigenvalue weighted by atomic mass is 14.5. The van der Waals surface area contributed by atoms with Crippen molar-refractivity contribution in [1.82, 2.24) is 0 Å². The topological polar surface area (TPSA) is 0 Å². The summed E-state index contributed by atoms with van der Waals surface area (Å²) < 4.78 is 0. The fourth-order valence-electron chi connectivity index (χ4n) is 3.21. The van der Waals surface area contributed by atoms with Crippen LogP contribution < -0.4 is 0 Å². The molecule has 0 heteroatoms. The molecule has 2 rings (SSSR count). The van der Waals surface area contributed by atoms with Gasteiger partial charge in [-0.2, -0.15) is 0 Å². The third-order valence-corrected chi connectivity index (χ3v) is 4.22. The van der Waals surface area contributed by atoms with E-state index in [4.69, 9.17) is 0 Å². The molecule has 0 amide bonds. The smallest absolute Gasteiger partial charge is 0.000148 e. The number of hydrogen-bond acceptors (Lipinski definition) is 0. The molecule has 0 heterocycles. The van der Waals surface area contributed by atoms with E-state index in [9.17, 15) is 0 Å². The van der Waals surface area contributed by atoms with Crippen LogP contribution in [-0.2, 0) is 5.41 Å². The Morgan fingerprint density at radius 1 is 0.933 bits per heavy atom. The molecule has 0 unspecified atom stereocenters. The molecule has 0 aliphatic heterocycles. The second-order valence-corrected chi connectivity index (χ2v) is 5.91. The van der Waals surface area contributed by atoms with E-state index in [1.54, 1.807) is 5.56 Å². The lowest BCUT2D eigenvalue weighted by molar-refractivity contribution is 0.187. The molecular formula is C15H22. The molecule has 82 valence electrons. The Balaban J connectivity index is 2.44. The van der Waals surface area contributed by atoms with Gasteiger partial charge in [0.15, 0.2) is 0 Å². The molecule has 1 aliphatic carbocycles. The third-order valence-electron chi connectivity index (χ3n) is 4.22. The van der Waals surface area contributed by atoms with Crippen LogP contribution in [0.4, 0.5) is 0 Å². The van der Waals surface area contributed by atoms with Gasteiger partial charge in [-0.3, -0.25) is 0 Å². The standard InChI is InChI=1S/C15H22/c1-14(2,3)15(11-7-8-12-15)13-9-5-4-6-10-13/h4-6,9-10H,7-8,11-12H2,1-3H3. The zero-order chi connectivity index (χ0) is 10.9. The van der Waals surface area contributed by atoms with Crippen LogP contribution in [0.15, 0.2) is 30.3 Å². The average molecular weight is 202 g/mol. The van der Waals surface area contributed by atoms with Crippen molar-refractivity contribution >= 4 is 0 Å². The highest BCUT2D eigenvalue weighted by molar-refractivity contribution is 5.29. The van der Waals surface area contributed by atoms with Gasteiger partial charge in [0.25, 0.3) is 0 Å². The first kappa shape index (κ1) is 10.7. The summed E-state index contributed by atoms with van der Waals surface area (Å²) in [7, 11) is 0. The van der Waals surface area contributed by atoms with Gasteiger partial charge in [-0.1, -0.05) is 63.9 Å². The highest BCUT2D eigenvalue weighted by Gasteiger charge is 2.44. The van der Waals surface area contributed by atoms with Gasteiger partial charge in [0.05, 0.1) is 0 Å². The van der Waals surface area contributed by atoms with E-state index < -0.39 is 0 Å². The van der Waals surface area contributed by atoms with Crippen LogP contribution in [0, 0.1) is 5.41 Å². The largest absolute Gasteiger partial charge is 0.0622 e. The minimum absolute atomic E-state index is 0.380. The van der Waals surface area contributed by atoms with Crippen molar-refractivity contribution in [2.45, 2.75) is 51.9 Å². The SMILES string of the molecule is CC(C)(C)C1(c2ccccc2)CCCC1.